The first-order valence-electron chi connectivity index (χ1n) is 5.99. The van der Waals surface area contributed by atoms with Crippen molar-refractivity contribution in [2.75, 3.05) is 13.4 Å². The number of carbonyl (C=O) groups is 1. The average Bonchev–Trinajstić information content (AvgIpc) is 2.46. The van der Waals surface area contributed by atoms with Crippen LogP contribution in [0.4, 0.5) is 0 Å². The van der Waals surface area contributed by atoms with Crippen LogP contribution in [0, 0.1) is 6.92 Å². The second-order valence-electron chi connectivity index (χ2n) is 4.21. The van der Waals surface area contributed by atoms with E-state index in [4.69, 9.17) is 4.74 Å². The number of thioether (sulfide) groups is 1. The Morgan fingerprint density at radius 3 is 2.53 bits per heavy atom. The minimum atomic E-state index is 0.0516. The minimum absolute atomic E-state index is 0.0516. The number of carbonyl (C=O) groups excluding carboxylic acids is 1. The molecule has 0 radical (unpaired) electrons. The van der Waals surface area contributed by atoms with Gasteiger partial charge in [0, 0.05) is 16.0 Å². The lowest BCUT2D eigenvalue weighted by Crippen LogP contribution is -2.03. The van der Waals surface area contributed by atoms with E-state index in [1.54, 1.807) is 18.9 Å². The molecule has 2 nitrogen and oxygen atoms in total. The molecule has 0 bridgehead atoms. The highest BCUT2D eigenvalue weighted by Gasteiger charge is 2.13. The van der Waals surface area contributed by atoms with Gasteiger partial charge in [0.25, 0.3) is 0 Å². The molecule has 0 aromatic heterocycles. The third kappa shape index (κ3) is 2.82. The molecule has 0 saturated carbocycles. The molecule has 0 amide bonds. The third-order valence-corrected chi connectivity index (χ3v) is 3.80. The fraction of sp³-hybridized carbons (Fsp3) is 0.188. The molecule has 0 aliphatic carbocycles. The summed E-state index contributed by atoms with van der Waals surface area (Å²) in [5.74, 6) is 0.852. The van der Waals surface area contributed by atoms with Crippen molar-refractivity contribution < 1.29 is 9.53 Å². The van der Waals surface area contributed by atoms with Crippen LogP contribution in [0.5, 0.6) is 5.75 Å². The summed E-state index contributed by atoms with van der Waals surface area (Å²) in [6.07, 6.45) is 1.98. The maximum absolute atomic E-state index is 12.5. The van der Waals surface area contributed by atoms with Crippen molar-refractivity contribution in [3.8, 4) is 5.75 Å². The molecule has 3 heteroatoms. The molecule has 2 rings (SSSR count). The van der Waals surface area contributed by atoms with Crippen molar-refractivity contribution in [3.63, 3.8) is 0 Å². The van der Waals surface area contributed by atoms with E-state index in [9.17, 15) is 4.79 Å². The summed E-state index contributed by atoms with van der Waals surface area (Å²) in [6.45, 7) is 1.94. The van der Waals surface area contributed by atoms with Gasteiger partial charge < -0.3 is 4.74 Å². The maximum Gasteiger partial charge on any atom is 0.194 e. The topological polar surface area (TPSA) is 26.3 Å². The monoisotopic (exact) mass is 272 g/mol. The lowest BCUT2D eigenvalue weighted by atomic mass is 10.0. The van der Waals surface area contributed by atoms with E-state index in [1.165, 1.54) is 0 Å². The standard InChI is InChI=1S/C16H16O2S/c1-11-10-12(8-9-14(11)18-2)16(17)13-6-4-5-7-15(13)19-3/h4-10H,1-3H3. The van der Waals surface area contributed by atoms with Crippen molar-refractivity contribution >= 4 is 17.5 Å². The van der Waals surface area contributed by atoms with Crippen LogP contribution in [-0.4, -0.2) is 19.1 Å². The molecule has 0 heterocycles. The molecular formula is C16H16O2S. The molecule has 0 fully saturated rings. The predicted octanol–water partition coefficient (Wildman–Crippen LogP) is 3.96. The van der Waals surface area contributed by atoms with Gasteiger partial charge in [0.15, 0.2) is 5.78 Å². The van der Waals surface area contributed by atoms with Crippen LogP contribution < -0.4 is 4.74 Å². The number of hydrogen-bond donors (Lipinski definition) is 0. The number of ether oxygens (including phenoxy) is 1. The Hall–Kier alpha value is -1.74. The Balaban J connectivity index is 2.41. The number of rotatable bonds is 4. The lowest BCUT2D eigenvalue weighted by molar-refractivity contribution is 0.103. The van der Waals surface area contributed by atoms with Gasteiger partial charge >= 0.3 is 0 Å². The maximum atomic E-state index is 12.5. The van der Waals surface area contributed by atoms with E-state index < -0.39 is 0 Å². The van der Waals surface area contributed by atoms with E-state index >= 15 is 0 Å². The predicted molar refractivity (Wildman–Crippen MR) is 79.4 cm³/mol. The number of aryl methyl sites for hydroxylation is 1. The van der Waals surface area contributed by atoms with Gasteiger partial charge in [-0.05, 0) is 49.1 Å². The fourth-order valence-electron chi connectivity index (χ4n) is 2.01. The van der Waals surface area contributed by atoms with Crippen LogP contribution in [0.1, 0.15) is 21.5 Å². The SMILES string of the molecule is COc1ccc(C(=O)c2ccccc2SC)cc1C. The number of hydrogen-bond acceptors (Lipinski definition) is 3. The van der Waals surface area contributed by atoms with E-state index in [2.05, 4.69) is 0 Å². The van der Waals surface area contributed by atoms with Crippen LogP contribution in [0.2, 0.25) is 0 Å². The summed E-state index contributed by atoms with van der Waals surface area (Å²) in [5.41, 5.74) is 2.41. The lowest BCUT2D eigenvalue weighted by Gasteiger charge is -2.09. The van der Waals surface area contributed by atoms with Crippen molar-refractivity contribution in [2.24, 2.45) is 0 Å². The molecule has 98 valence electrons. The summed E-state index contributed by atoms with van der Waals surface area (Å²) in [6, 6.07) is 13.2. The van der Waals surface area contributed by atoms with E-state index in [0.717, 1.165) is 21.8 Å². The first-order chi connectivity index (χ1) is 9.17. The molecule has 0 N–H and O–H groups in total. The largest absolute Gasteiger partial charge is 0.496 e. The van der Waals surface area contributed by atoms with Gasteiger partial charge in [-0.3, -0.25) is 4.79 Å². The smallest absolute Gasteiger partial charge is 0.194 e. The zero-order valence-electron chi connectivity index (χ0n) is 11.3. The van der Waals surface area contributed by atoms with Crippen molar-refractivity contribution in [1.29, 1.82) is 0 Å². The molecule has 0 aliphatic rings. The molecule has 0 saturated heterocycles. The summed E-state index contributed by atoms with van der Waals surface area (Å²) in [7, 11) is 1.63. The Kier molecular flexibility index (Phi) is 4.27. The van der Waals surface area contributed by atoms with Crippen molar-refractivity contribution in [3.05, 3.63) is 59.2 Å². The van der Waals surface area contributed by atoms with Crippen LogP contribution >= 0.6 is 11.8 Å². The number of methoxy groups -OCH3 is 1. The zero-order chi connectivity index (χ0) is 13.8. The number of benzene rings is 2. The zero-order valence-corrected chi connectivity index (χ0v) is 12.1. The average molecular weight is 272 g/mol. The Morgan fingerprint density at radius 2 is 1.89 bits per heavy atom. The highest BCUT2D eigenvalue weighted by atomic mass is 32.2. The molecule has 0 spiro atoms. The van der Waals surface area contributed by atoms with Gasteiger partial charge in [-0.15, -0.1) is 11.8 Å². The quantitative estimate of drug-likeness (QED) is 0.622. The van der Waals surface area contributed by atoms with Crippen molar-refractivity contribution in [2.45, 2.75) is 11.8 Å². The fourth-order valence-corrected chi connectivity index (χ4v) is 2.60. The Morgan fingerprint density at radius 1 is 1.16 bits per heavy atom. The molecular weight excluding hydrogens is 256 g/mol. The van der Waals surface area contributed by atoms with E-state index in [-0.39, 0.29) is 5.78 Å². The van der Waals surface area contributed by atoms with E-state index in [0.29, 0.717) is 5.56 Å². The summed E-state index contributed by atoms with van der Waals surface area (Å²) >= 11 is 1.58. The van der Waals surface area contributed by atoms with Gasteiger partial charge in [-0.2, -0.15) is 0 Å². The summed E-state index contributed by atoms with van der Waals surface area (Å²) < 4.78 is 5.21. The van der Waals surface area contributed by atoms with Crippen LogP contribution in [0.3, 0.4) is 0 Å². The van der Waals surface area contributed by atoms with Gasteiger partial charge in [-0.25, -0.2) is 0 Å². The number of ketones is 1. The van der Waals surface area contributed by atoms with Crippen molar-refractivity contribution in [1.82, 2.24) is 0 Å². The van der Waals surface area contributed by atoms with Gasteiger partial charge in [-0.1, -0.05) is 12.1 Å². The first kappa shape index (κ1) is 13.7. The first-order valence-corrected chi connectivity index (χ1v) is 7.22. The Bertz CT molecular complexity index is 605. The van der Waals surface area contributed by atoms with E-state index in [1.807, 2.05) is 55.6 Å². The molecule has 2 aromatic carbocycles. The van der Waals surface area contributed by atoms with Gasteiger partial charge in [0.05, 0.1) is 7.11 Å². The molecule has 0 atom stereocenters. The second-order valence-corrected chi connectivity index (χ2v) is 5.06. The Labute approximate surface area is 117 Å². The summed E-state index contributed by atoms with van der Waals surface area (Å²) in [4.78, 5) is 13.5. The molecule has 0 aliphatic heterocycles. The normalized spacial score (nSPS) is 10.3. The molecule has 2 aromatic rings. The highest BCUT2D eigenvalue weighted by Crippen LogP contribution is 2.25. The molecule has 19 heavy (non-hydrogen) atoms. The second kappa shape index (κ2) is 5.93. The highest BCUT2D eigenvalue weighted by molar-refractivity contribution is 7.98. The minimum Gasteiger partial charge on any atom is -0.496 e. The summed E-state index contributed by atoms with van der Waals surface area (Å²) in [5, 5.41) is 0. The van der Waals surface area contributed by atoms with Gasteiger partial charge in [0.2, 0.25) is 0 Å². The van der Waals surface area contributed by atoms with Gasteiger partial charge in [0.1, 0.15) is 5.75 Å². The van der Waals surface area contributed by atoms with Crippen LogP contribution in [0.15, 0.2) is 47.4 Å². The van der Waals surface area contributed by atoms with Crippen LogP contribution in [0.25, 0.3) is 0 Å². The van der Waals surface area contributed by atoms with Crippen LogP contribution in [-0.2, 0) is 0 Å². The molecule has 0 unspecified atom stereocenters. The third-order valence-electron chi connectivity index (χ3n) is 3.01.